The van der Waals surface area contributed by atoms with Gasteiger partial charge in [0.2, 0.25) is 0 Å². The van der Waals surface area contributed by atoms with Gasteiger partial charge in [0, 0.05) is 22.1 Å². The minimum absolute atomic E-state index is 0.0350. The number of fused-ring (bicyclic) bond motifs is 6. The van der Waals surface area contributed by atoms with Crippen molar-refractivity contribution in [3.8, 4) is 44.7 Å². The minimum atomic E-state index is -0.638. The lowest BCUT2D eigenvalue weighted by Gasteiger charge is -2.19. The molecule has 0 fully saturated rings. The first-order chi connectivity index (χ1) is 29.7. The average molecular weight is 636 g/mol. The largest absolute Gasteiger partial charge is 0.455 e. The van der Waals surface area contributed by atoms with Crippen LogP contribution in [0.25, 0.3) is 98.8 Å². The molecule has 1 aromatic heterocycles. The molecule has 0 aliphatic carbocycles. The van der Waals surface area contributed by atoms with Gasteiger partial charge in [0.25, 0.3) is 0 Å². The van der Waals surface area contributed by atoms with Crippen LogP contribution in [0.5, 0.6) is 0 Å². The summed E-state index contributed by atoms with van der Waals surface area (Å²) < 4.78 is 124. The molecule has 10 rings (SSSR count). The Kier molecular flexibility index (Phi) is 3.99. The molecule has 0 spiro atoms. The summed E-state index contributed by atoms with van der Waals surface area (Å²) in [6, 6.07) is 24.6. The molecule has 9 aromatic carbocycles. The first kappa shape index (κ1) is 17.6. The molecule has 0 saturated heterocycles. The van der Waals surface area contributed by atoms with Crippen molar-refractivity contribution in [2.75, 3.05) is 0 Å². The molecule has 0 unspecified atom stereocenters. The Balaban J connectivity index is 1.46. The van der Waals surface area contributed by atoms with Crippen molar-refractivity contribution in [2.45, 2.75) is 0 Å². The summed E-state index contributed by atoms with van der Waals surface area (Å²) in [6.07, 6.45) is 0. The van der Waals surface area contributed by atoms with Crippen LogP contribution in [0.1, 0.15) is 17.8 Å². The molecule has 0 saturated carbocycles. The lowest BCUT2D eigenvalue weighted by molar-refractivity contribution is 0.632. The van der Waals surface area contributed by atoms with Crippen molar-refractivity contribution >= 4 is 54.1 Å². The third kappa shape index (κ3) is 4.33. The molecule has 0 N–H and O–H groups in total. The van der Waals surface area contributed by atoms with E-state index in [-0.39, 0.29) is 55.1 Å². The first-order valence-electron chi connectivity index (χ1n) is 22.3. The second-order valence-electron chi connectivity index (χ2n) is 11.8. The number of hydrogen-bond acceptors (Lipinski definition) is 1. The van der Waals surface area contributed by atoms with E-state index in [1.54, 1.807) is 30.3 Å². The fourth-order valence-electron chi connectivity index (χ4n) is 7.11. The monoisotopic (exact) mass is 635 g/mol. The Labute approximate surface area is 302 Å². The van der Waals surface area contributed by atoms with E-state index >= 15 is 0 Å². The van der Waals surface area contributed by atoms with E-state index in [0.29, 0.717) is 10.9 Å². The quantitative estimate of drug-likeness (QED) is 0.139. The SMILES string of the molecule is [2H]c1c([2H])c([2H])c(-c2oc3ccccc3c2-c2c3c([2H])c([2H])c([2H])c([2H])c3c(-c3ccc4c(-c5ccccc5)cc5ccccc5c4c3)c3c([2H])c([2H])c([2H])c([2H])c23)c([2H])c1[2H]. The van der Waals surface area contributed by atoms with Crippen molar-refractivity contribution in [1.82, 2.24) is 0 Å². The molecule has 1 heteroatoms. The second-order valence-corrected chi connectivity index (χ2v) is 11.8. The predicted molar refractivity (Wildman–Crippen MR) is 208 cm³/mol. The van der Waals surface area contributed by atoms with E-state index in [9.17, 15) is 5.48 Å². The maximum absolute atomic E-state index is 9.58. The van der Waals surface area contributed by atoms with Crippen molar-refractivity contribution in [3.63, 3.8) is 0 Å². The highest BCUT2D eigenvalue weighted by atomic mass is 16.3. The molecule has 0 aliphatic heterocycles. The first-order valence-corrected chi connectivity index (χ1v) is 15.8. The van der Waals surface area contributed by atoms with Crippen LogP contribution < -0.4 is 0 Å². The Morgan fingerprint density at radius 2 is 0.980 bits per heavy atom. The highest BCUT2D eigenvalue weighted by Crippen LogP contribution is 2.50. The third-order valence-electron chi connectivity index (χ3n) is 9.18. The number of rotatable bonds is 4. The van der Waals surface area contributed by atoms with Gasteiger partial charge < -0.3 is 4.42 Å². The summed E-state index contributed by atoms with van der Waals surface area (Å²) >= 11 is 0. The van der Waals surface area contributed by atoms with Crippen molar-refractivity contribution in [3.05, 3.63) is 182 Å². The van der Waals surface area contributed by atoms with Crippen molar-refractivity contribution in [1.29, 1.82) is 0 Å². The fraction of sp³-hybridized carbons (Fsp3) is 0. The van der Waals surface area contributed by atoms with Crippen LogP contribution in [-0.2, 0) is 0 Å². The van der Waals surface area contributed by atoms with Gasteiger partial charge in [-0.2, -0.15) is 0 Å². The predicted octanol–water partition coefficient (Wildman–Crippen LogP) is 13.7. The Morgan fingerprint density at radius 1 is 0.367 bits per heavy atom. The highest BCUT2D eigenvalue weighted by Gasteiger charge is 2.24. The summed E-state index contributed by atoms with van der Waals surface area (Å²) in [5.74, 6) is -0.232. The zero-order chi connectivity index (χ0) is 43.6. The van der Waals surface area contributed by atoms with Crippen LogP contribution in [0.3, 0.4) is 0 Å². The summed E-state index contributed by atoms with van der Waals surface area (Å²) in [5.41, 5.74) is 2.33. The second kappa shape index (κ2) is 11.1. The molecule has 228 valence electrons. The molecule has 0 atom stereocenters. The van der Waals surface area contributed by atoms with Gasteiger partial charge in [-0.1, -0.05) is 163 Å². The maximum Gasteiger partial charge on any atom is 0.143 e. The number of benzene rings is 9. The van der Waals surface area contributed by atoms with E-state index in [4.69, 9.17) is 16.8 Å². The Bertz CT molecular complexity index is 3510. The molecule has 1 nitrogen and oxygen atoms in total. The molecule has 0 radical (unpaired) electrons. The maximum atomic E-state index is 9.58. The van der Waals surface area contributed by atoms with Crippen LogP contribution in [-0.4, -0.2) is 0 Å². The summed E-state index contributed by atoms with van der Waals surface area (Å²) in [5, 5.41) is 3.56. The van der Waals surface area contributed by atoms with Crippen molar-refractivity contribution < 1.29 is 22.2 Å². The topological polar surface area (TPSA) is 13.1 Å². The third-order valence-corrected chi connectivity index (χ3v) is 9.18. The lowest BCUT2D eigenvalue weighted by Crippen LogP contribution is -1.92. The molecule has 0 amide bonds. The molecular weight excluding hydrogens is 593 g/mol. The van der Waals surface area contributed by atoms with Gasteiger partial charge in [0.15, 0.2) is 0 Å². The van der Waals surface area contributed by atoms with E-state index in [0.717, 1.165) is 32.7 Å². The van der Waals surface area contributed by atoms with E-state index in [2.05, 4.69) is 6.07 Å². The number of furan rings is 1. The van der Waals surface area contributed by atoms with Gasteiger partial charge >= 0.3 is 0 Å². The van der Waals surface area contributed by atoms with Gasteiger partial charge in [-0.05, 0) is 83.5 Å². The van der Waals surface area contributed by atoms with Gasteiger partial charge in [-0.25, -0.2) is 0 Å². The number of hydrogen-bond donors (Lipinski definition) is 0. The smallest absolute Gasteiger partial charge is 0.143 e. The average Bonchev–Trinajstić information content (AvgIpc) is 3.67. The van der Waals surface area contributed by atoms with E-state index in [1.807, 2.05) is 66.7 Å². The lowest BCUT2D eigenvalue weighted by atomic mass is 9.83. The normalized spacial score (nSPS) is 15.4. The molecule has 10 aromatic rings. The summed E-state index contributed by atoms with van der Waals surface area (Å²) in [4.78, 5) is 0. The van der Waals surface area contributed by atoms with E-state index in [1.165, 1.54) is 0 Å². The Hall–Kier alpha value is -6.44. The highest BCUT2D eigenvalue weighted by molar-refractivity contribution is 6.25. The van der Waals surface area contributed by atoms with Crippen LogP contribution in [0.15, 0.2) is 186 Å². The van der Waals surface area contributed by atoms with Gasteiger partial charge in [-0.15, -0.1) is 0 Å². The standard InChI is InChI=1S/C48H30O/c1-3-15-31(16-4-1)42-29-33-19-7-8-20-35(33)43-30-34(27-28-36(42)43)45-37-21-9-11-23-39(37)46(40-24-12-10-22-38(40)45)47-41-25-13-14-26-44(41)49-48(47)32-17-5-2-6-18-32/h1-30H/i2D,5D,6D,9D,10D,11D,12D,17D,18D,21D,22D,23D,24D. The molecule has 1 heterocycles. The fourth-order valence-corrected chi connectivity index (χ4v) is 7.11. The van der Waals surface area contributed by atoms with Gasteiger partial charge in [-0.3, -0.25) is 0 Å². The zero-order valence-electron chi connectivity index (χ0n) is 38.7. The Morgan fingerprint density at radius 3 is 1.71 bits per heavy atom. The van der Waals surface area contributed by atoms with Crippen LogP contribution in [0, 0.1) is 0 Å². The number of para-hydroxylation sites is 1. The molecule has 0 aliphatic rings. The van der Waals surface area contributed by atoms with Crippen LogP contribution >= 0.6 is 0 Å². The molecule has 0 bridgehead atoms. The molecular formula is C48H30O. The van der Waals surface area contributed by atoms with Gasteiger partial charge in [0.05, 0.1) is 17.8 Å². The van der Waals surface area contributed by atoms with Crippen LogP contribution in [0.4, 0.5) is 0 Å². The minimum Gasteiger partial charge on any atom is -0.455 e. The zero-order valence-corrected chi connectivity index (χ0v) is 25.7. The van der Waals surface area contributed by atoms with Gasteiger partial charge in [0.1, 0.15) is 11.3 Å². The summed E-state index contributed by atoms with van der Waals surface area (Å²) in [7, 11) is 0. The molecule has 49 heavy (non-hydrogen) atoms. The van der Waals surface area contributed by atoms with Crippen LogP contribution in [0.2, 0.25) is 0 Å². The van der Waals surface area contributed by atoms with Crippen molar-refractivity contribution in [2.24, 2.45) is 0 Å². The van der Waals surface area contributed by atoms with E-state index < -0.39 is 78.6 Å². The summed E-state index contributed by atoms with van der Waals surface area (Å²) in [6.45, 7) is 0.